The van der Waals surface area contributed by atoms with Crippen LogP contribution in [-0.4, -0.2) is 29.2 Å². The maximum Gasteiger partial charge on any atom is 0.156 e. The van der Waals surface area contributed by atoms with Crippen LogP contribution < -0.4 is 10.1 Å². The van der Waals surface area contributed by atoms with Crippen LogP contribution in [0.4, 0.5) is 0 Å². The Morgan fingerprint density at radius 3 is 2.55 bits per heavy atom. The molecule has 0 spiro atoms. The number of hydrogen-bond donors (Lipinski definition) is 1. The van der Waals surface area contributed by atoms with Crippen LogP contribution in [0.25, 0.3) is 0 Å². The first-order valence-corrected chi connectivity index (χ1v) is 7.24. The zero-order chi connectivity index (χ0) is 14.4. The SMILES string of the molecule is Clc1cc(Cl)c(OCCNCCn2ccnc2)c(Cl)c1. The van der Waals surface area contributed by atoms with Crippen molar-refractivity contribution in [3.05, 3.63) is 45.9 Å². The molecule has 1 aromatic heterocycles. The minimum atomic E-state index is 0.418. The van der Waals surface area contributed by atoms with Crippen molar-refractivity contribution in [3.63, 3.8) is 0 Å². The third-order valence-electron chi connectivity index (χ3n) is 2.59. The summed E-state index contributed by atoms with van der Waals surface area (Å²) in [5, 5.41) is 4.58. The molecule has 0 aliphatic heterocycles. The van der Waals surface area contributed by atoms with Crippen molar-refractivity contribution in [2.24, 2.45) is 0 Å². The van der Waals surface area contributed by atoms with Gasteiger partial charge in [0.15, 0.2) is 5.75 Å². The fourth-order valence-corrected chi connectivity index (χ4v) is 2.57. The third kappa shape index (κ3) is 4.56. The largest absolute Gasteiger partial charge is 0.489 e. The van der Waals surface area contributed by atoms with Gasteiger partial charge in [0.2, 0.25) is 0 Å². The van der Waals surface area contributed by atoms with E-state index in [1.54, 1.807) is 24.7 Å². The predicted molar refractivity (Wildman–Crippen MR) is 82.1 cm³/mol. The zero-order valence-corrected chi connectivity index (χ0v) is 12.9. The molecule has 0 fully saturated rings. The van der Waals surface area contributed by atoms with Crippen LogP contribution in [0.2, 0.25) is 15.1 Å². The molecule has 0 aliphatic carbocycles. The normalized spacial score (nSPS) is 10.8. The average molecular weight is 335 g/mol. The summed E-state index contributed by atoms with van der Waals surface area (Å²) in [6, 6.07) is 3.22. The van der Waals surface area contributed by atoms with Crippen LogP contribution >= 0.6 is 34.8 Å². The van der Waals surface area contributed by atoms with E-state index in [9.17, 15) is 0 Å². The smallest absolute Gasteiger partial charge is 0.156 e. The summed E-state index contributed by atoms with van der Waals surface area (Å²) in [6.07, 6.45) is 5.46. The first-order chi connectivity index (χ1) is 9.66. The van der Waals surface area contributed by atoms with Crippen molar-refractivity contribution >= 4 is 34.8 Å². The highest BCUT2D eigenvalue weighted by atomic mass is 35.5. The molecule has 1 N–H and O–H groups in total. The van der Waals surface area contributed by atoms with Gasteiger partial charge in [-0.1, -0.05) is 34.8 Å². The van der Waals surface area contributed by atoms with Crippen molar-refractivity contribution in [2.75, 3.05) is 19.7 Å². The van der Waals surface area contributed by atoms with E-state index in [4.69, 9.17) is 39.5 Å². The fraction of sp³-hybridized carbons (Fsp3) is 0.308. The van der Waals surface area contributed by atoms with E-state index >= 15 is 0 Å². The van der Waals surface area contributed by atoms with Crippen molar-refractivity contribution < 1.29 is 4.74 Å². The lowest BCUT2D eigenvalue weighted by atomic mass is 10.3. The van der Waals surface area contributed by atoms with Gasteiger partial charge in [-0.15, -0.1) is 0 Å². The number of nitrogens with one attached hydrogen (secondary N) is 1. The maximum absolute atomic E-state index is 6.02. The number of nitrogens with zero attached hydrogens (tertiary/aromatic N) is 2. The summed E-state index contributed by atoms with van der Waals surface area (Å²) in [7, 11) is 0. The van der Waals surface area contributed by atoms with Gasteiger partial charge in [0.25, 0.3) is 0 Å². The highest BCUT2D eigenvalue weighted by Gasteiger charge is 2.08. The van der Waals surface area contributed by atoms with Gasteiger partial charge in [-0.05, 0) is 12.1 Å². The quantitative estimate of drug-likeness (QED) is 0.788. The number of ether oxygens (including phenoxy) is 1. The van der Waals surface area contributed by atoms with E-state index in [-0.39, 0.29) is 0 Å². The van der Waals surface area contributed by atoms with E-state index in [1.165, 1.54) is 0 Å². The molecule has 1 heterocycles. The lowest BCUT2D eigenvalue weighted by Crippen LogP contribution is -2.24. The molecule has 0 saturated heterocycles. The zero-order valence-electron chi connectivity index (χ0n) is 10.7. The lowest BCUT2D eigenvalue weighted by Gasteiger charge is -2.11. The van der Waals surface area contributed by atoms with Gasteiger partial charge in [0.1, 0.15) is 6.61 Å². The molecular formula is C13H14Cl3N3O. The number of hydrogen-bond acceptors (Lipinski definition) is 3. The van der Waals surface area contributed by atoms with Crippen LogP contribution in [-0.2, 0) is 6.54 Å². The highest BCUT2D eigenvalue weighted by Crippen LogP contribution is 2.35. The number of benzene rings is 1. The first-order valence-electron chi connectivity index (χ1n) is 6.10. The molecule has 0 bridgehead atoms. The molecule has 4 nitrogen and oxygen atoms in total. The Hall–Kier alpha value is -0.940. The highest BCUT2D eigenvalue weighted by molar-refractivity contribution is 6.40. The number of halogens is 3. The van der Waals surface area contributed by atoms with Crippen LogP contribution in [0.15, 0.2) is 30.9 Å². The average Bonchev–Trinajstić information content (AvgIpc) is 2.89. The Morgan fingerprint density at radius 2 is 1.90 bits per heavy atom. The molecule has 20 heavy (non-hydrogen) atoms. The van der Waals surface area contributed by atoms with E-state index in [0.717, 1.165) is 13.1 Å². The molecule has 0 radical (unpaired) electrons. The van der Waals surface area contributed by atoms with Crippen molar-refractivity contribution in [2.45, 2.75) is 6.54 Å². The van der Waals surface area contributed by atoms with Gasteiger partial charge >= 0.3 is 0 Å². The second-order valence-electron chi connectivity index (χ2n) is 4.10. The molecule has 0 amide bonds. The Kier molecular flexibility index (Phi) is 5.98. The van der Waals surface area contributed by atoms with Gasteiger partial charge in [-0.25, -0.2) is 4.98 Å². The van der Waals surface area contributed by atoms with Gasteiger partial charge < -0.3 is 14.6 Å². The molecule has 1 aromatic carbocycles. The van der Waals surface area contributed by atoms with Crippen molar-refractivity contribution in [1.82, 2.24) is 14.9 Å². The predicted octanol–water partition coefficient (Wildman–Crippen LogP) is 3.51. The molecule has 7 heteroatoms. The molecule has 0 aliphatic rings. The topological polar surface area (TPSA) is 39.1 Å². The molecule has 2 rings (SSSR count). The standard InChI is InChI=1S/C13H14Cl3N3O/c14-10-7-11(15)13(12(16)8-10)20-6-3-17-1-4-19-5-2-18-9-19/h2,5,7-9,17H,1,3-4,6H2. The van der Waals surface area contributed by atoms with E-state index in [1.807, 2.05) is 10.8 Å². The molecule has 0 saturated carbocycles. The summed E-state index contributed by atoms with van der Waals surface area (Å²) in [4.78, 5) is 3.97. The molecule has 108 valence electrons. The first kappa shape index (κ1) is 15.4. The van der Waals surface area contributed by atoms with Gasteiger partial charge in [-0.3, -0.25) is 0 Å². The maximum atomic E-state index is 6.02. The second-order valence-corrected chi connectivity index (χ2v) is 5.35. The van der Waals surface area contributed by atoms with Crippen molar-refractivity contribution in [3.8, 4) is 5.75 Å². The van der Waals surface area contributed by atoms with E-state index < -0.39 is 0 Å². The van der Waals surface area contributed by atoms with Crippen LogP contribution in [0.3, 0.4) is 0 Å². The van der Waals surface area contributed by atoms with Gasteiger partial charge in [0, 0.05) is 37.1 Å². The molecule has 0 unspecified atom stereocenters. The van der Waals surface area contributed by atoms with E-state index in [0.29, 0.717) is 34.0 Å². The summed E-state index contributed by atoms with van der Waals surface area (Å²) < 4.78 is 7.56. The monoisotopic (exact) mass is 333 g/mol. The number of aromatic nitrogens is 2. The summed E-state index contributed by atoms with van der Waals surface area (Å²) >= 11 is 17.9. The summed E-state index contributed by atoms with van der Waals surface area (Å²) in [5.41, 5.74) is 0. The Labute approximate surface area is 132 Å². The fourth-order valence-electron chi connectivity index (χ4n) is 1.64. The Bertz CT molecular complexity index is 523. The molecular weight excluding hydrogens is 321 g/mol. The van der Waals surface area contributed by atoms with E-state index in [2.05, 4.69) is 10.3 Å². The molecule has 0 atom stereocenters. The summed E-state index contributed by atoms with van der Waals surface area (Å²) in [6.45, 7) is 2.87. The minimum Gasteiger partial charge on any atom is -0.489 e. The second kappa shape index (κ2) is 7.74. The minimum absolute atomic E-state index is 0.418. The number of rotatable bonds is 7. The lowest BCUT2D eigenvalue weighted by molar-refractivity contribution is 0.313. The Morgan fingerprint density at radius 1 is 1.15 bits per heavy atom. The van der Waals surface area contributed by atoms with Gasteiger partial charge in [0.05, 0.1) is 16.4 Å². The van der Waals surface area contributed by atoms with Crippen LogP contribution in [0, 0.1) is 0 Å². The third-order valence-corrected chi connectivity index (χ3v) is 3.37. The summed E-state index contributed by atoms with van der Waals surface area (Å²) in [5.74, 6) is 0.467. The number of imidazole rings is 1. The van der Waals surface area contributed by atoms with Crippen LogP contribution in [0.5, 0.6) is 5.75 Å². The van der Waals surface area contributed by atoms with Crippen molar-refractivity contribution in [1.29, 1.82) is 0 Å². The Balaban J connectivity index is 1.68. The van der Waals surface area contributed by atoms with Gasteiger partial charge in [-0.2, -0.15) is 0 Å². The van der Waals surface area contributed by atoms with Crippen LogP contribution in [0.1, 0.15) is 0 Å². The molecule has 2 aromatic rings.